The van der Waals surface area contributed by atoms with Gasteiger partial charge in [0.2, 0.25) is 0 Å². The predicted molar refractivity (Wildman–Crippen MR) is 354 cm³/mol. The van der Waals surface area contributed by atoms with Crippen molar-refractivity contribution in [3.8, 4) is 0 Å². The van der Waals surface area contributed by atoms with Crippen molar-refractivity contribution in [2.75, 3.05) is 39.6 Å². The van der Waals surface area contributed by atoms with Gasteiger partial charge in [0.15, 0.2) is 12.2 Å². The molecule has 0 saturated heterocycles. The van der Waals surface area contributed by atoms with Crippen molar-refractivity contribution in [3.63, 3.8) is 0 Å². The lowest BCUT2D eigenvalue weighted by atomic mass is 10.0. The third kappa shape index (κ3) is 62.4. The van der Waals surface area contributed by atoms with Crippen LogP contribution in [0.2, 0.25) is 0 Å². The van der Waals surface area contributed by atoms with Crippen molar-refractivity contribution in [2.24, 2.45) is 5.92 Å². The van der Waals surface area contributed by atoms with Gasteiger partial charge in [-0.05, 0) is 57.3 Å². The lowest BCUT2D eigenvalue weighted by molar-refractivity contribution is -0.161. The van der Waals surface area contributed by atoms with Crippen LogP contribution in [0.3, 0.4) is 0 Å². The molecule has 0 radical (unpaired) electrons. The molecule has 0 saturated carbocycles. The number of esters is 4. The van der Waals surface area contributed by atoms with Crippen molar-refractivity contribution < 1.29 is 80.2 Å². The summed E-state index contributed by atoms with van der Waals surface area (Å²) in [5.41, 5.74) is 0. The summed E-state index contributed by atoms with van der Waals surface area (Å²) in [5.74, 6) is -1.39. The first-order chi connectivity index (χ1) is 42.5. The molecule has 0 aliphatic carbocycles. The van der Waals surface area contributed by atoms with E-state index in [-0.39, 0.29) is 25.7 Å². The zero-order valence-electron chi connectivity index (χ0n) is 56.3. The van der Waals surface area contributed by atoms with Crippen LogP contribution in [-0.2, 0) is 65.4 Å². The molecule has 518 valence electrons. The Bertz CT molecular complexity index is 1800. The number of unbranched alkanes of at least 4 members (excludes halogenated alkanes) is 36. The molecule has 0 amide bonds. The van der Waals surface area contributed by atoms with Crippen molar-refractivity contribution in [1.82, 2.24) is 0 Å². The maximum Gasteiger partial charge on any atom is 0.472 e. The summed E-state index contributed by atoms with van der Waals surface area (Å²) in [7, 11) is -9.90. The van der Waals surface area contributed by atoms with Gasteiger partial charge in [0.05, 0.1) is 26.4 Å². The second-order valence-electron chi connectivity index (χ2n) is 24.7. The average Bonchev–Trinajstić information content (AvgIpc) is 3.62. The molecule has 0 aliphatic heterocycles. The van der Waals surface area contributed by atoms with Gasteiger partial charge in [-0.15, -0.1) is 0 Å². The molecule has 0 aliphatic rings. The average molecular weight is 1290 g/mol. The van der Waals surface area contributed by atoms with Crippen molar-refractivity contribution in [2.45, 2.75) is 348 Å². The van der Waals surface area contributed by atoms with Crippen molar-refractivity contribution in [3.05, 3.63) is 24.3 Å². The number of phosphoric ester groups is 2. The molecule has 0 aromatic heterocycles. The van der Waals surface area contributed by atoms with Gasteiger partial charge in [-0.2, -0.15) is 0 Å². The summed E-state index contributed by atoms with van der Waals surface area (Å²) < 4.78 is 68.0. The Morgan fingerprint density at radius 2 is 0.614 bits per heavy atom. The van der Waals surface area contributed by atoms with Gasteiger partial charge in [0.1, 0.15) is 19.3 Å². The van der Waals surface area contributed by atoms with E-state index < -0.39 is 97.5 Å². The summed E-state index contributed by atoms with van der Waals surface area (Å²) in [5, 5.41) is 10.5. The summed E-state index contributed by atoms with van der Waals surface area (Å²) in [4.78, 5) is 72.2. The Kier molecular flexibility index (Phi) is 60.3. The van der Waals surface area contributed by atoms with Crippen molar-refractivity contribution >= 4 is 39.5 Å². The molecule has 0 bridgehead atoms. The number of aliphatic hydroxyl groups excluding tert-OH is 1. The monoisotopic (exact) mass is 1290 g/mol. The molecule has 0 aromatic carbocycles. The van der Waals surface area contributed by atoms with Gasteiger partial charge in [-0.3, -0.25) is 37.3 Å². The Hall–Kier alpha value is -2.46. The first-order valence-corrected chi connectivity index (χ1v) is 38.4. The van der Waals surface area contributed by atoms with Crippen LogP contribution in [0, 0.1) is 5.92 Å². The number of hydrogen-bond donors (Lipinski definition) is 3. The summed E-state index contributed by atoms with van der Waals surface area (Å²) in [6.45, 7) is 7.10. The number of carbonyl (C=O) groups excluding carboxylic acids is 4. The molecule has 0 aromatic rings. The van der Waals surface area contributed by atoms with Crippen LogP contribution in [0.15, 0.2) is 24.3 Å². The Balaban J connectivity index is 5.20. The third-order valence-electron chi connectivity index (χ3n) is 15.4. The molecule has 5 atom stereocenters. The van der Waals surface area contributed by atoms with Crippen LogP contribution < -0.4 is 0 Å². The largest absolute Gasteiger partial charge is 0.472 e. The highest BCUT2D eigenvalue weighted by Gasteiger charge is 2.30. The molecule has 0 fully saturated rings. The molecule has 2 unspecified atom stereocenters. The molecule has 0 heterocycles. The summed E-state index contributed by atoms with van der Waals surface area (Å²) in [6.07, 6.45) is 51.1. The van der Waals surface area contributed by atoms with E-state index in [1.807, 2.05) is 0 Å². The maximum absolute atomic E-state index is 13.0. The molecule has 0 rings (SSSR count). The molecule has 88 heavy (non-hydrogen) atoms. The van der Waals surface area contributed by atoms with Crippen LogP contribution >= 0.6 is 15.6 Å². The summed E-state index contributed by atoms with van der Waals surface area (Å²) >= 11 is 0. The maximum atomic E-state index is 13.0. The van der Waals surface area contributed by atoms with Crippen LogP contribution in [0.1, 0.15) is 330 Å². The molecule has 0 spiro atoms. The Labute approximate surface area is 535 Å². The van der Waals surface area contributed by atoms with E-state index in [9.17, 15) is 43.2 Å². The van der Waals surface area contributed by atoms with Gasteiger partial charge >= 0.3 is 39.5 Å². The number of hydrogen-bond acceptors (Lipinski definition) is 15. The van der Waals surface area contributed by atoms with Crippen LogP contribution in [-0.4, -0.2) is 96.7 Å². The van der Waals surface area contributed by atoms with Gasteiger partial charge < -0.3 is 33.8 Å². The minimum atomic E-state index is -4.96. The second kappa shape index (κ2) is 62.0. The fourth-order valence-corrected chi connectivity index (χ4v) is 11.5. The lowest BCUT2D eigenvalue weighted by Crippen LogP contribution is -2.30. The first kappa shape index (κ1) is 85.5. The topological polar surface area (TPSA) is 237 Å². The molecule has 17 nitrogen and oxygen atoms in total. The highest BCUT2D eigenvalue weighted by atomic mass is 31.2. The number of carbonyl (C=O) groups is 4. The Morgan fingerprint density at radius 3 is 0.932 bits per heavy atom. The fourth-order valence-electron chi connectivity index (χ4n) is 9.93. The number of phosphoric acid groups is 2. The number of ether oxygens (including phenoxy) is 4. The highest BCUT2D eigenvalue weighted by Crippen LogP contribution is 2.45. The van der Waals surface area contributed by atoms with Crippen molar-refractivity contribution in [1.29, 1.82) is 0 Å². The van der Waals surface area contributed by atoms with Crippen LogP contribution in [0.25, 0.3) is 0 Å². The molecular formula is C69H130O17P2. The minimum Gasteiger partial charge on any atom is -0.462 e. The van der Waals surface area contributed by atoms with Gasteiger partial charge in [-0.1, -0.05) is 277 Å². The van der Waals surface area contributed by atoms with E-state index >= 15 is 0 Å². The number of rotatable bonds is 67. The first-order valence-electron chi connectivity index (χ1n) is 35.5. The van der Waals surface area contributed by atoms with E-state index in [2.05, 4.69) is 58.9 Å². The molecule has 19 heteroatoms. The van der Waals surface area contributed by atoms with E-state index in [1.165, 1.54) is 135 Å². The van der Waals surface area contributed by atoms with E-state index in [1.54, 1.807) is 0 Å². The molecule has 3 N–H and O–H groups in total. The number of aliphatic hydroxyl groups is 1. The van der Waals surface area contributed by atoms with E-state index in [4.69, 9.17) is 37.0 Å². The SMILES string of the molecule is CCCCCC/C=C\C=C/CCCCCCCC(=O)O[C@H](COC(=O)CCCCCCCCCCCCCCC(C)C)COP(=O)(O)OC[C@@H](O)COP(=O)(O)OC[C@@H](COC(=O)CCCCCCC)OC(=O)CCCCCCCCCCCCCCC. The van der Waals surface area contributed by atoms with Gasteiger partial charge in [0, 0.05) is 25.7 Å². The quantitative estimate of drug-likeness (QED) is 0.0169. The smallest absolute Gasteiger partial charge is 0.462 e. The summed E-state index contributed by atoms with van der Waals surface area (Å²) in [6, 6.07) is 0. The van der Waals surface area contributed by atoms with Gasteiger partial charge in [0.25, 0.3) is 0 Å². The zero-order valence-corrected chi connectivity index (χ0v) is 58.1. The van der Waals surface area contributed by atoms with E-state index in [0.29, 0.717) is 25.7 Å². The zero-order chi connectivity index (χ0) is 64.9. The lowest BCUT2D eigenvalue weighted by Gasteiger charge is -2.21. The van der Waals surface area contributed by atoms with Crippen LogP contribution in [0.5, 0.6) is 0 Å². The predicted octanol–water partition coefficient (Wildman–Crippen LogP) is 19.3. The third-order valence-corrected chi connectivity index (χ3v) is 17.3. The molecular weight excluding hydrogens is 1160 g/mol. The Morgan fingerprint density at radius 1 is 0.352 bits per heavy atom. The van der Waals surface area contributed by atoms with Crippen LogP contribution in [0.4, 0.5) is 0 Å². The normalized spacial score (nSPS) is 14.3. The van der Waals surface area contributed by atoms with Gasteiger partial charge in [-0.25, -0.2) is 9.13 Å². The standard InChI is InChI=1S/C69H130O17P2/c1-6-9-12-15-17-19-21-23-24-26-32-36-40-45-50-55-69(74)86-65(59-80-67(72)53-48-43-38-34-30-28-27-29-33-37-42-46-51-62(4)5)61-84-88(77,78)82-57-63(70)56-81-87(75,76)83-60-64(58-79-66(71)52-47-41-14-11-8-3)85-68(73)54-49-44-39-35-31-25-22-20-18-16-13-10-7-2/h19,21,23-24,62-65,70H,6-18,20,22,25-61H2,1-5H3,(H,75,76)(H,77,78)/b21-19-,24-23-/t63-,64+,65+/m0/s1. The number of allylic oxidation sites excluding steroid dienone is 4. The van der Waals surface area contributed by atoms with E-state index in [0.717, 1.165) is 115 Å². The minimum absolute atomic E-state index is 0.0851. The second-order valence-corrected chi connectivity index (χ2v) is 27.6. The highest BCUT2D eigenvalue weighted by molar-refractivity contribution is 7.47. The fraction of sp³-hybridized carbons (Fsp3) is 0.884.